The minimum Gasteiger partial charge on any atom is -0.387 e. The molecular weight excluding hydrogens is 531 g/mol. The first-order valence-electron chi connectivity index (χ1n) is 10.9. The maximum atomic E-state index is 15.1. The molecule has 35 heavy (non-hydrogen) atoms. The van der Waals surface area contributed by atoms with Crippen LogP contribution in [0.2, 0.25) is 5.28 Å². The lowest BCUT2D eigenvalue weighted by molar-refractivity contribution is -0.0435. The van der Waals surface area contributed by atoms with Gasteiger partial charge in [0.1, 0.15) is 12.2 Å². The maximum absolute atomic E-state index is 15.1. The lowest BCUT2D eigenvalue weighted by Crippen LogP contribution is -2.31. The standard InChI is InChI=1S/C18H27ClFN5O8P2/c1-24(10-5-3-4-6-10)15-13-16(23-18(19)22-15)25(8-21-13)17-12(20)14(26)11(33-17)7-32-35(29,30-2)9-31-34(27)28/h8,10-12,14,17,26,34H,3-7,9H2,1-2H3,(H,27,28)/t11-,12+,14-,17-,35?/m1/s1. The molecule has 0 aromatic carbocycles. The van der Waals surface area contributed by atoms with Crippen molar-refractivity contribution >= 4 is 44.4 Å². The van der Waals surface area contributed by atoms with Gasteiger partial charge in [-0.2, -0.15) is 9.97 Å². The highest BCUT2D eigenvalue weighted by atomic mass is 35.5. The Kier molecular flexibility index (Phi) is 8.47. The number of aromatic nitrogens is 4. The number of hydrogen-bond acceptors (Lipinski definition) is 11. The predicted molar refractivity (Wildman–Crippen MR) is 124 cm³/mol. The zero-order valence-corrected chi connectivity index (χ0v) is 21.6. The van der Waals surface area contributed by atoms with E-state index >= 15 is 4.39 Å². The van der Waals surface area contributed by atoms with Crippen LogP contribution in [0, 0.1) is 0 Å². The van der Waals surface area contributed by atoms with E-state index in [2.05, 4.69) is 19.5 Å². The fraction of sp³-hybridized carbons (Fsp3) is 0.722. The van der Waals surface area contributed by atoms with Gasteiger partial charge in [0.15, 0.2) is 35.7 Å². The molecule has 4 rings (SSSR count). The molecular formula is C18H27ClFN5O8P2. The van der Waals surface area contributed by atoms with Gasteiger partial charge in [-0.25, -0.2) is 9.37 Å². The Morgan fingerprint density at radius 3 is 2.77 bits per heavy atom. The van der Waals surface area contributed by atoms with Crippen molar-refractivity contribution in [1.82, 2.24) is 19.5 Å². The summed E-state index contributed by atoms with van der Waals surface area (Å²) in [5.74, 6) is 0.517. The highest BCUT2D eigenvalue weighted by Gasteiger charge is 2.47. The van der Waals surface area contributed by atoms with Crippen LogP contribution in [-0.2, 0) is 27.4 Å². The molecule has 0 bridgehead atoms. The van der Waals surface area contributed by atoms with Gasteiger partial charge in [0.25, 0.3) is 0 Å². The fourth-order valence-corrected chi connectivity index (χ4v) is 6.20. The van der Waals surface area contributed by atoms with Gasteiger partial charge in [0.05, 0.1) is 12.9 Å². The number of nitrogens with zero attached hydrogens (tertiary/aromatic N) is 5. The molecule has 2 N–H and O–H groups in total. The number of ether oxygens (including phenoxy) is 1. The van der Waals surface area contributed by atoms with Crippen molar-refractivity contribution in [2.75, 3.05) is 32.0 Å². The number of fused-ring (bicyclic) bond motifs is 1. The van der Waals surface area contributed by atoms with Gasteiger partial charge in [-0.05, 0) is 24.4 Å². The van der Waals surface area contributed by atoms with E-state index < -0.39 is 53.4 Å². The average molecular weight is 558 g/mol. The normalized spacial score (nSPS) is 27.9. The number of halogens is 2. The van der Waals surface area contributed by atoms with Crippen LogP contribution in [0.4, 0.5) is 10.2 Å². The van der Waals surface area contributed by atoms with Gasteiger partial charge in [0.2, 0.25) is 5.28 Å². The molecule has 2 unspecified atom stereocenters. The summed E-state index contributed by atoms with van der Waals surface area (Å²) in [4.78, 5) is 23.7. The third-order valence-electron chi connectivity index (χ3n) is 6.21. The van der Waals surface area contributed by atoms with Crippen molar-refractivity contribution in [1.29, 1.82) is 0 Å². The van der Waals surface area contributed by atoms with E-state index in [0.717, 1.165) is 32.8 Å². The quantitative estimate of drug-likeness (QED) is 0.325. The molecule has 1 saturated heterocycles. The summed E-state index contributed by atoms with van der Waals surface area (Å²) in [5.41, 5.74) is 0.643. The van der Waals surface area contributed by atoms with Gasteiger partial charge in [-0.15, -0.1) is 0 Å². The molecule has 1 aliphatic carbocycles. The molecule has 0 radical (unpaired) electrons. The first-order chi connectivity index (χ1) is 16.6. The molecule has 0 spiro atoms. The summed E-state index contributed by atoms with van der Waals surface area (Å²) in [6.07, 6.45) is -1.30. The topological polar surface area (TPSA) is 158 Å². The van der Waals surface area contributed by atoms with Crippen molar-refractivity contribution in [3.05, 3.63) is 11.6 Å². The lowest BCUT2D eigenvalue weighted by Gasteiger charge is -2.25. The third-order valence-corrected chi connectivity index (χ3v) is 8.56. The van der Waals surface area contributed by atoms with Crippen molar-refractivity contribution in [2.45, 2.75) is 56.3 Å². The molecule has 1 aliphatic heterocycles. The first kappa shape index (κ1) is 26.8. The average Bonchev–Trinajstić information content (AvgIpc) is 3.57. The van der Waals surface area contributed by atoms with Crippen LogP contribution in [0.5, 0.6) is 0 Å². The number of aliphatic hydroxyl groups is 1. The van der Waals surface area contributed by atoms with Gasteiger partial charge in [-0.1, -0.05) is 12.8 Å². The highest BCUT2D eigenvalue weighted by Crippen LogP contribution is 2.50. The second-order valence-electron chi connectivity index (χ2n) is 8.32. The predicted octanol–water partition coefficient (Wildman–Crippen LogP) is 2.67. The zero-order chi connectivity index (χ0) is 25.3. The van der Waals surface area contributed by atoms with E-state index in [0.29, 0.717) is 11.3 Å². The molecule has 2 fully saturated rings. The zero-order valence-electron chi connectivity index (χ0n) is 19.0. The molecule has 6 atom stereocenters. The van der Waals surface area contributed by atoms with Crippen molar-refractivity contribution < 1.29 is 41.8 Å². The molecule has 1 saturated carbocycles. The minimum absolute atomic E-state index is 0.0443. The summed E-state index contributed by atoms with van der Waals surface area (Å²) in [5, 5.41) is 10.4. The summed E-state index contributed by atoms with van der Waals surface area (Å²) in [7, 11) is -4.34. The lowest BCUT2D eigenvalue weighted by atomic mass is 10.1. The van der Waals surface area contributed by atoms with Gasteiger partial charge >= 0.3 is 15.9 Å². The Morgan fingerprint density at radius 2 is 2.11 bits per heavy atom. The number of anilines is 1. The Bertz CT molecular complexity index is 1120. The van der Waals surface area contributed by atoms with Crippen LogP contribution in [0.15, 0.2) is 6.33 Å². The number of alkyl halides is 1. The van der Waals surface area contributed by atoms with Crippen molar-refractivity contribution in [3.8, 4) is 0 Å². The van der Waals surface area contributed by atoms with Crippen LogP contribution < -0.4 is 4.90 Å². The minimum atomic E-state index is -3.94. The van der Waals surface area contributed by atoms with E-state index in [-0.39, 0.29) is 17.0 Å². The molecule has 3 heterocycles. The van der Waals surface area contributed by atoms with Crippen LogP contribution in [0.1, 0.15) is 31.9 Å². The smallest absolute Gasteiger partial charge is 0.356 e. The monoisotopic (exact) mass is 557 g/mol. The highest BCUT2D eigenvalue weighted by molar-refractivity contribution is 7.54. The van der Waals surface area contributed by atoms with Crippen molar-refractivity contribution in [2.24, 2.45) is 0 Å². The Balaban J connectivity index is 1.54. The Hall–Kier alpha value is -1.21. The summed E-state index contributed by atoms with van der Waals surface area (Å²) < 4.78 is 59.7. The fourth-order valence-electron chi connectivity index (χ4n) is 4.30. The second-order valence-corrected chi connectivity index (χ2v) is 11.6. The number of aliphatic hydroxyl groups excluding tert-OH is 1. The summed E-state index contributed by atoms with van der Waals surface area (Å²) >= 11 is 6.18. The largest absolute Gasteiger partial charge is 0.387 e. The molecule has 196 valence electrons. The Morgan fingerprint density at radius 1 is 1.40 bits per heavy atom. The summed E-state index contributed by atoms with van der Waals surface area (Å²) in [6, 6.07) is 0.277. The molecule has 2 aromatic heterocycles. The van der Waals surface area contributed by atoms with E-state index in [1.54, 1.807) is 0 Å². The van der Waals surface area contributed by atoms with E-state index in [1.807, 2.05) is 11.9 Å². The van der Waals surface area contributed by atoms with Gasteiger partial charge < -0.3 is 28.7 Å². The Labute approximate surface area is 206 Å². The maximum Gasteiger partial charge on any atom is 0.356 e. The van der Waals surface area contributed by atoms with Crippen molar-refractivity contribution in [3.63, 3.8) is 0 Å². The van der Waals surface area contributed by atoms with E-state index in [1.165, 1.54) is 10.9 Å². The molecule has 2 aromatic rings. The van der Waals surface area contributed by atoms with Crippen LogP contribution >= 0.6 is 27.5 Å². The second kappa shape index (κ2) is 11.0. The number of imidazole rings is 1. The van der Waals surface area contributed by atoms with Gasteiger partial charge in [-0.3, -0.25) is 18.2 Å². The molecule has 13 nitrogen and oxygen atoms in total. The SMILES string of the molecule is COP(=O)(CO[PH](=O)O)OC[C@H]1O[C@@H](n2cnc3c(N(C)C4CCCC4)nc(Cl)nc32)[C@@H](F)[C@@H]1O. The van der Waals surface area contributed by atoms with Crippen LogP contribution in [0.25, 0.3) is 11.2 Å². The first-order valence-corrected chi connectivity index (χ1v) is 14.3. The van der Waals surface area contributed by atoms with E-state index in [9.17, 15) is 14.2 Å². The van der Waals surface area contributed by atoms with Crippen LogP contribution in [-0.4, -0.2) is 81.1 Å². The third kappa shape index (κ3) is 5.71. The van der Waals surface area contributed by atoms with Crippen LogP contribution in [0.3, 0.4) is 0 Å². The molecule has 17 heteroatoms. The van der Waals surface area contributed by atoms with Gasteiger partial charge in [0, 0.05) is 20.2 Å². The van der Waals surface area contributed by atoms with E-state index in [4.69, 9.17) is 30.3 Å². The molecule has 2 aliphatic rings. The summed E-state index contributed by atoms with van der Waals surface area (Å²) in [6.45, 7) is -0.531. The molecule has 0 amide bonds. The number of hydrogen-bond donors (Lipinski definition) is 2. The number of rotatable bonds is 10.